The van der Waals surface area contributed by atoms with Crippen LogP contribution in [-0.2, 0) is 23.7 Å². The van der Waals surface area contributed by atoms with Gasteiger partial charge in [0.05, 0.1) is 63.8 Å². The van der Waals surface area contributed by atoms with Crippen LogP contribution >= 0.6 is 0 Å². The van der Waals surface area contributed by atoms with E-state index in [1.165, 1.54) is 38.8 Å². The minimum Gasteiger partial charge on any atom is -0.450 e. The Morgan fingerprint density at radius 2 is 1.06 bits per heavy atom. The predicted octanol–water partition coefficient (Wildman–Crippen LogP) is 3.23. The van der Waals surface area contributed by atoms with Crippen LogP contribution in [0.1, 0.15) is 84.5 Å². The van der Waals surface area contributed by atoms with Crippen molar-refractivity contribution in [1.82, 2.24) is 24.9 Å². The number of nitrogens with zero attached hydrogens (tertiary/aromatic N) is 4. The van der Waals surface area contributed by atoms with E-state index in [0.29, 0.717) is 58.1 Å². The topological polar surface area (TPSA) is 113 Å². The molecule has 264 valence electrons. The zero-order valence-corrected chi connectivity index (χ0v) is 28.7. The second kappa shape index (κ2) is 14.0. The summed E-state index contributed by atoms with van der Waals surface area (Å²) in [6, 6.07) is 1.79. The van der Waals surface area contributed by atoms with Gasteiger partial charge in [-0.1, -0.05) is 0 Å². The van der Waals surface area contributed by atoms with E-state index in [2.05, 4.69) is 15.1 Å². The zero-order chi connectivity index (χ0) is 32.6. The van der Waals surface area contributed by atoms with Crippen LogP contribution in [0.2, 0.25) is 0 Å². The summed E-state index contributed by atoms with van der Waals surface area (Å²) in [5, 5.41) is 3.00. The highest BCUT2D eigenvalue weighted by molar-refractivity contribution is 5.79. The molecule has 4 bridgehead atoms. The van der Waals surface area contributed by atoms with Gasteiger partial charge in [0, 0.05) is 25.0 Å². The van der Waals surface area contributed by atoms with Gasteiger partial charge in [-0.05, 0) is 115 Å². The Bertz CT molecular complexity index is 1110. The largest absolute Gasteiger partial charge is 0.450 e. The second-order valence-electron chi connectivity index (χ2n) is 15.7. The fraction of sp³-hybridized carbons (Fsp3) is 0.914. The van der Waals surface area contributed by atoms with Crippen LogP contribution in [0.3, 0.4) is 0 Å². The van der Waals surface area contributed by atoms with Gasteiger partial charge < -0.3 is 34.1 Å². The van der Waals surface area contributed by atoms with Crippen molar-refractivity contribution >= 4 is 18.1 Å². The third kappa shape index (κ3) is 7.12. The van der Waals surface area contributed by atoms with E-state index < -0.39 is 0 Å². The minimum absolute atomic E-state index is 0.127. The van der Waals surface area contributed by atoms with Crippen LogP contribution < -0.4 is 5.32 Å². The quantitative estimate of drug-likeness (QED) is 0.486. The molecule has 2 spiro atoms. The number of ether oxygens (including phenoxy) is 4. The van der Waals surface area contributed by atoms with Crippen molar-refractivity contribution in [2.24, 2.45) is 10.8 Å². The summed E-state index contributed by atoms with van der Waals surface area (Å²) in [6.07, 6.45) is 12.2. The maximum atomic E-state index is 12.3. The number of rotatable bonds is 4. The maximum absolute atomic E-state index is 12.3. The third-order valence-electron chi connectivity index (χ3n) is 12.9. The molecule has 0 aromatic rings. The monoisotopic (exact) mass is 659 g/mol. The van der Waals surface area contributed by atoms with Crippen LogP contribution in [0.25, 0.3) is 0 Å². The minimum atomic E-state index is -0.188. The Labute approximate surface area is 280 Å². The lowest BCUT2D eigenvalue weighted by molar-refractivity contribution is -0.120. The van der Waals surface area contributed by atoms with E-state index in [9.17, 15) is 14.4 Å². The van der Waals surface area contributed by atoms with Gasteiger partial charge in [-0.2, -0.15) is 0 Å². The molecule has 7 aliphatic heterocycles. The molecule has 4 unspecified atom stereocenters. The summed E-state index contributed by atoms with van der Waals surface area (Å²) in [6.45, 7) is 12.6. The lowest BCUT2D eigenvalue weighted by Crippen LogP contribution is -2.63. The van der Waals surface area contributed by atoms with Crippen molar-refractivity contribution in [3.05, 3.63) is 0 Å². The first-order chi connectivity index (χ1) is 22.8. The summed E-state index contributed by atoms with van der Waals surface area (Å²) >= 11 is 0. The Balaban J connectivity index is 0.000000151. The molecule has 4 atom stereocenters. The highest BCUT2D eigenvalue weighted by Gasteiger charge is 2.49. The van der Waals surface area contributed by atoms with Gasteiger partial charge in [0.1, 0.15) is 0 Å². The Kier molecular flexibility index (Phi) is 9.93. The summed E-state index contributed by atoms with van der Waals surface area (Å²) in [5.74, 6) is 0.211. The van der Waals surface area contributed by atoms with Gasteiger partial charge in [0.2, 0.25) is 5.91 Å². The molecule has 0 aromatic heterocycles. The Morgan fingerprint density at radius 3 is 1.40 bits per heavy atom. The molecule has 1 aliphatic carbocycles. The standard InChI is InChI=1S/C18H29N3O4.C17H28N2O3/c1-2-25-17(23)21-14-7-13(8-15(21)11-24-10-14)20-5-3-18(4-6-20)9-16(22)19-12-18;1-2-22-16(20)19-14-9-13(10-15(19)12-21-11-14)18-7-5-17(3-4-17)6-8-18/h13-15H,2-12H2,1H3,(H,19,22);13-15H,2-12H2,1H3. The van der Waals surface area contributed by atoms with Crippen LogP contribution in [0.4, 0.5) is 9.59 Å². The highest BCUT2D eigenvalue weighted by atomic mass is 16.6. The molecule has 0 aromatic carbocycles. The molecule has 12 heteroatoms. The normalized spacial score (nSPS) is 35.9. The molecular formula is C35H57N5O7. The van der Waals surface area contributed by atoms with Crippen LogP contribution in [0.15, 0.2) is 0 Å². The molecule has 47 heavy (non-hydrogen) atoms. The summed E-state index contributed by atoms with van der Waals surface area (Å²) < 4.78 is 21.9. The third-order valence-corrected chi connectivity index (χ3v) is 12.9. The number of nitrogens with one attached hydrogen (secondary N) is 1. The molecule has 0 radical (unpaired) electrons. The van der Waals surface area contributed by atoms with Gasteiger partial charge in [0.15, 0.2) is 0 Å². The molecule has 8 rings (SSSR count). The van der Waals surface area contributed by atoms with Crippen molar-refractivity contribution in [3.8, 4) is 0 Å². The number of hydrogen-bond donors (Lipinski definition) is 1. The molecule has 7 saturated heterocycles. The first kappa shape index (κ1) is 33.4. The number of piperidine rings is 4. The average Bonchev–Trinajstić information content (AvgIpc) is 3.72. The first-order valence-corrected chi connectivity index (χ1v) is 18.6. The van der Waals surface area contributed by atoms with Gasteiger partial charge >= 0.3 is 12.2 Å². The lowest BCUT2D eigenvalue weighted by atomic mass is 9.76. The van der Waals surface area contributed by atoms with Gasteiger partial charge in [-0.25, -0.2) is 9.59 Å². The summed E-state index contributed by atoms with van der Waals surface area (Å²) in [7, 11) is 0. The van der Waals surface area contributed by atoms with Crippen molar-refractivity contribution in [2.75, 3.05) is 72.4 Å². The number of fused-ring (bicyclic) bond motifs is 4. The molecule has 8 aliphatic rings. The fourth-order valence-electron chi connectivity index (χ4n) is 9.87. The van der Waals surface area contributed by atoms with Gasteiger partial charge in [-0.3, -0.25) is 14.6 Å². The molecular weight excluding hydrogens is 602 g/mol. The van der Waals surface area contributed by atoms with Crippen molar-refractivity contribution in [1.29, 1.82) is 0 Å². The smallest absolute Gasteiger partial charge is 0.410 e. The number of carbonyl (C=O) groups excluding carboxylic acids is 3. The van der Waals surface area contributed by atoms with E-state index in [0.717, 1.165) is 63.6 Å². The fourth-order valence-corrected chi connectivity index (χ4v) is 9.87. The van der Waals surface area contributed by atoms with Crippen molar-refractivity contribution in [3.63, 3.8) is 0 Å². The molecule has 7 heterocycles. The molecule has 1 N–H and O–H groups in total. The van der Waals surface area contributed by atoms with Crippen LogP contribution in [0.5, 0.6) is 0 Å². The van der Waals surface area contributed by atoms with E-state index in [1.807, 2.05) is 23.6 Å². The van der Waals surface area contributed by atoms with Crippen LogP contribution in [-0.4, -0.2) is 146 Å². The first-order valence-electron chi connectivity index (χ1n) is 18.6. The number of carbonyl (C=O) groups is 3. The number of amides is 3. The predicted molar refractivity (Wildman–Crippen MR) is 174 cm³/mol. The Morgan fingerprint density at radius 1 is 0.660 bits per heavy atom. The van der Waals surface area contributed by atoms with E-state index in [-0.39, 0.29) is 47.7 Å². The molecule has 1 saturated carbocycles. The molecule has 8 fully saturated rings. The van der Waals surface area contributed by atoms with Crippen molar-refractivity contribution in [2.45, 2.75) is 121 Å². The van der Waals surface area contributed by atoms with Crippen molar-refractivity contribution < 1.29 is 33.3 Å². The molecule has 12 nitrogen and oxygen atoms in total. The number of hydrogen-bond acceptors (Lipinski definition) is 9. The Hall–Kier alpha value is -2.15. The number of morpholine rings is 2. The second-order valence-corrected chi connectivity index (χ2v) is 15.7. The zero-order valence-electron chi connectivity index (χ0n) is 28.7. The van der Waals surface area contributed by atoms with E-state index in [4.69, 9.17) is 18.9 Å². The van der Waals surface area contributed by atoms with Gasteiger partial charge in [0.25, 0.3) is 0 Å². The maximum Gasteiger partial charge on any atom is 0.410 e. The molecule has 3 amide bonds. The summed E-state index contributed by atoms with van der Waals surface area (Å²) in [4.78, 5) is 45.3. The van der Waals surface area contributed by atoms with E-state index >= 15 is 0 Å². The lowest BCUT2D eigenvalue weighted by Gasteiger charge is -2.51. The summed E-state index contributed by atoms with van der Waals surface area (Å²) in [5.41, 5.74) is 0.930. The van der Waals surface area contributed by atoms with Gasteiger partial charge in [-0.15, -0.1) is 0 Å². The number of likely N-dealkylation sites (tertiary alicyclic amines) is 2. The highest BCUT2D eigenvalue weighted by Crippen LogP contribution is 2.54. The average molecular weight is 660 g/mol. The van der Waals surface area contributed by atoms with E-state index in [1.54, 1.807) is 0 Å². The SMILES string of the molecule is CCOC(=O)N1C2COCC1CC(N1CCC3(CC1)CC3)C2.CCOC(=O)N1C2COCC1CC(N1CCC3(CC1)CNC(=O)C3)C2. The van der Waals surface area contributed by atoms with Crippen LogP contribution in [0, 0.1) is 10.8 Å².